The number of hydrogen-bond donors (Lipinski definition) is 2. The first-order valence-corrected chi connectivity index (χ1v) is 6.18. The highest BCUT2D eigenvalue weighted by Gasteiger charge is 2.11. The van der Waals surface area contributed by atoms with Gasteiger partial charge in [0.05, 0.1) is 5.56 Å². The van der Waals surface area contributed by atoms with Gasteiger partial charge in [-0.3, -0.25) is 4.79 Å². The van der Waals surface area contributed by atoms with Gasteiger partial charge in [-0.05, 0) is 43.9 Å². The third kappa shape index (κ3) is 3.09. The highest BCUT2D eigenvalue weighted by molar-refractivity contribution is 5.99. The summed E-state index contributed by atoms with van der Waals surface area (Å²) in [5, 5.41) is 2.77. The lowest BCUT2D eigenvalue weighted by atomic mass is 10.1. The van der Waals surface area contributed by atoms with Crippen LogP contribution in [0.2, 0.25) is 0 Å². The highest BCUT2D eigenvalue weighted by Crippen LogP contribution is 2.20. The zero-order chi connectivity index (χ0) is 13.0. The molecule has 0 aliphatic heterocycles. The molecule has 0 radical (unpaired) electrons. The standard InChI is InChI=1S/C14H17FN2O/c15-11-5-6-13(16)12(9-11)14(18)17-8-7-10-3-1-2-4-10/h3,5-6,9H,1-2,4,7-8,16H2,(H,17,18). The molecular formula is C14H17FN2O. The smallest absolute Gasteiger partial charge is 0.253 e. The van der Waals surface area contributed by atoms with Crippen LogP contribution in [0, 0.1) is 5.82 Å². The minimum Gasteiger partial charge on any atom is -0.398 e. The van der Waals surface area contributed by atoms with Crippen LogP contribution in [0.5, 0.6) is 0 Å². The van der Waals surface area contributed by atoms with Crippen molar-refractivity contribution in [2.75, 3.05) is 12.3 Å². The van der Waals surface area contributed by atoms with E-state index in [0.29, 0.717) is 12.2 Å². The molecule has 0 aromatic heterocycles. The number of benzene rings is 1. The molecule has 1 aromatic rings. The molecule has 3 nitrogen and oxygen atoms in total. The Morgan fingerprint density at radius 1 is 1.44 bits per heavy atom. The van der Waals surface area contributed by atoms with Gasteiger partial charge < -0.3 is 11.1 Å². The Morgan fingerprint density at radius 2 is 2.28 bits per heavy atom. The molecule has 0 bridgehead atoms. The second-order valence-corrected chi connectivity index (χ2v) is 4.49. The number of rotatable bonds is 4. The van der Waals surface area contributed by atoms with Crippen LogP contribution in [-0.2, 0) is 0 Å². The van der Waals surface area contributed by atoms with Crippen molar-refractivity contribution in [2.24, 2.45) is 0 Å². The predicted molar refractivity (Wildman–Crippen MR) is 69.7 cm³/mol. The average Bonchev–Trinajstić information content (AvgIpc) is 2.85. The molecule has 1 aliphatic carbocycles. The number of nitrogen functional groups attached to an aromatic ring is 1. The predicted octanol–water partition coefficient (Wildman–Crippen LogP) is 2.64. The molecule has 0 spiro atoms. The molecule has 0 fully saturated rings. The Balaban J connectivity index is 1.89. The summed E-state index contributed by atoms with van der Waals surface area (Å²) < 4.78 is 13.0. The minimum atomic E-state index is -0.451. The van der Waals surface area contributed by atoms with Gasteiger partial charge in [0.1, 0.15) is 5.82 Å². The largest absolute Gasteiger partial charge is 0.398 e. The summed E-state index contributed by atoms with van der Waals surface area (Å²) in [6.45, 7) is 0.570. The van der Waals surface area contributed by atoms with Crippen LogP contribution in [0.4, 0.5) is 10.1 Å². The quantitative estimate of drug-likeness (QED) is 0.635. The van der Waals surface area contributed by atoms with E-state index >= 15 is 0 Å². The van der Waals surface area contributed by atoms with Crippen molar-refractivity contribution in [3.63, 3.8) is 0 Å². The molecule has 0 heterocycles. The number of amides is 1. The maximum absolute atomic E-state index is 13.0. The van der Waals surface area contributed by atoms with Crippen LogP contribution >= 0.6 is 0 Å². The summed E-state index contributed by atoms with van der Waals surface area (Å²) in [5.74, 6) is -0.765. The molecule has 0 saturated carbocycles. The fourth-order valence-electron chi connectivity index (χ4n) is 2.12. The topological polar surface area (TPSA) is 55.1 Å². The van der Waals surface area contributed by atoms with Crippen LogP contribution in [0.3, 0.4) is 0 Å². The number of carbonyl (C=O) groups excluding carboxylic acids is 1. The fraction of sp³-hybridized carbons (Fsp3) is 0.357. The molecule has 1 amide bonds. The van der Waals surface area contributed by atoms with Crippen LogP contribution in [0.1, 0.15) is 36.0 Å². The Bertz CT molecular complexity index is 483. The van der Waals surface area contributed by atoms with Gasteiger partial charge in [0.2, 0.25) is 0 Å². The first-order chi connectivity index (χ1) is 8.66. The molecule has 0 atom stereocenters. The number of carbonyl (C=O) groups is 1. The second kappa shape index (κ2) is 5.67. The normalized spacial score (nSPS) is 14.4. The van der Waals surface area contributed by atoms with Gasteiger partial charge in [0.25, 0.3) is 5.91 Å². The molecule has 96 valence electrons. The Morgan fingerprint density at radius 3 is 3.00 bits per heavy atom. The first kappa shape index (κ1) is 12.6. The van der Waals surface area contributed by atoms with Crippen LogP contribution in [0.15, 0.2) is 29.8 Å². The summed E-state index contributed by atoms with van der Waals surface area (Å²) in [7, 11) is 0. The number of anilines is 1. The van der Waals surface area contributed by atoms with Gasteiger partial charge in [-0.25, -0.2) is 4.39 Å². The van der Waals surface area contributed by atoms with Crippen molar-refractivity contribution >= 4 is 11.6 Å². The highest BCUT2D eigenvalue weighted by atomic mass is 19.1. The molecule has 3 N–H and O–H groups in total. The van der Waals surface area contributed by atoms with Gasteiger partial charge in [-0.15, -0.1) is 0 Å². The van der Waals surface area contributed by atoms with Gasteiger partial charge in [0.15, 0.2) is 0 Å². The van der Waals surface area contributed by atoms with Crippen molar-refractivity contribution in [2.45, 2.75) is 25.7 Å². The average molecular weight is 248 g/mol. The van der Waals surface area contributed by atoms with E-state index in [1.807, 2.05) is 0 Å². The third-order valence-electron chi connectivity index (χ3n) is 3.13. The molecular weight excluding hydrogens is 231 g/mol. The fourth-order valence-corrected chi connectivity index (χ4v) is 2.12. The van der Waals surface area contributed by atoms with E-state index in [9.17, 15) is 9.18 Å². The van der Waals surface area contributed by atoms with Gasteiger partial charge in [-0.2, -0.15) is 0 Å². The maximum Gasteiger partial charge on any atom is 0.253 e. The van der Waals surface area contributed by atoms with Gasteiger partial charge >= 0.3 is 0 Å². The number of nitrogens with two attached hydrogens (primary N) is 1. The van der Waals surface area contributed by atoms with Gasteiger partial charge in [-0.1, -0.05) is 11.6 Å². The van der Waals surface area contributed by atoms with Crippen LogP contribution in [0.25, 0.3) is 0 Å². The van der Waals surface area contributed by atoms with E-state index in [-0.39, 0.29) is 11.5 Å². The summed E-state index contributed by atoms with van der Waals surface area (Å²) in [6, 6.07) is 3.82. The van der Waals surface area contributed by atoms with Crippen molar-refractivity contribution in [3.8, 4) is 0 Å². The summed E-state index contributed by atoms with van der Waals surface area (Å²) in [5.41, 5.74) is 7.54. The summed E-state index contributed by atoms with van der Waals surface area (Å²) in [4.78, 5) is 11.8. The molecule has 2 rings (SSSR count). The lowest BCUT2D eigenvalue weighted by Gasteiger charge is -2.08. The van der Waals surface area contributed by atoms with Crippen molar-refractivity contribution in [3.05, 3.63) is 41.2 Å². The maximum atomic E-state index is 13.0. The monoisotopic (exact) mass is 248 g/mol. The van der Waals surface area contributed by atoms with Gasteiger partial charge in [0, 0.05) is 12.2 Å². The SMILES string of the molecule is Nc1ccc(F)cc1C(=O)NCCC1=CCCC1. The van der Waals surface area contributed by atoms with Crippen LogP contribution in [-0.4, -0.2) is 12.5 Å². The number of halogens is 1. The molecule has 1 aromatic carbocycles. The molecule has 0 saturated heterocycles. The van der Waals surface area contributed by atoms with Crippen molar-refractivity contribution < 1.29 is 9.18 Å². The number of nitrogens with one attached hydrogen (secondary N) is 1. The Kier molecular flexibility index (Phi) is 3.97. The van der Waals surface area contributed by atoms with E-state index in [1.165, 1.54) is 30.2 Å². The number of hydrogen-bond acceptors (Lipinski definition) is 2. The first-order valence-electron chi connectivity index (χ1n) is 6.18. The summed E-state index contributed by atoms with van der Waals surface area (Å²) >= 11 is 0. The van der Waals surface area contributed by atoms with Crippen molar-refractivity contribution in [1.29, 1.82) is 0 Å². The molecule has 4 heteroatoms. The minimum absolute atomic E-state index is 0.204. The number of allylic oxidation sites excluding steroid dienone is 1. The van der Waals surface area contributed by atoms with Crippen molar-refractivity contribution in [1.82, 2.24) is 5.32 Å². The molecule has 18 heavy (non-hydrogen) atoms. The Labute approximate surface area is 106 Å². The third-order valence-corrected chi connectivity index (χ3v) is 3.13. The van der Waals surface area contributed by atoms with E-state index < -0.39 is 5.82 Å². The zero-order valence-corrected chi connectivity index (χ0v) is 10.2. The molecule has 0 unspecified atom stereocenters. The van der Waals surface area contributed by atoms with E-state index in [2.05, 4.69) is 11.4 Å². The second-order valence-electron chi connectivity index (χ2n) is 4.49. The zero-order valence-electron chi connectivity index (χ0n) is 10.2. The van der Waals surface area contributed by atoms with Crippen LogP contribution < -0.4 is 11.1 Å². The molecule has 1 aliphatic rings. The van der Waals surface area contributed by atoms with E-state index in [4.69, 9.17) is 5.73 Å². The Hall–Kier alpha value is -1.84. The lowest BCUT2D eigenvalue weighted by molar-refractivity contribution is 0.0954. The van der Waals surface area contributed by atoms with E-state index in [1.54, 1.807) is 0 Å². The summed E-state index contributed by atoms with van der Waals surface area (Å²) in [6.07, 6.45) is 6.56. The lowest BCUT2D eigenvalue weighted by Crippen LogP contribution is -2.25. The van der Waals surface area contributed by atoms with E-state index in [0.717, 1.165) is 19.3 Å².